The van der Waals surface area contributed by atoms with Crippen LogP contribution >= 0.6 is 0 Å². The van der Waals surface area contributed by atoms with Crippen LogP contribution in [0.25, 0.3) is 59.8 Å². The smallest absolute Gasteiger partial charge is 0.204 e. The number of fused-ring (bicyclic) bond motifs is 6. The molecule has 0 radical (unpaired) electrons. The van der Waals surface area contributed by atoms with E-state index in [4.69, 9.17) is 0 Å². The van der Waals surface area contributed by atoms with Crippen LogP contribution in [-0.2, 0) is 0 Å². The Morgan fingerprint density at radius 2 is 1.14 bits per heavy atom. The van der Waals surface area contributed by atoms with Gasteiger partial charge < -0.3 is 0 Å². The number of nitrogens with zero attached hydrogens (tertiary/aromatic N) is 4. The molecule has 0 heterocycles. The fourth-order valence-corrected chi connectivity index (χ4v) is 5.14. The van der Waals surface area contributed by atoms with Crippen molar-refractivity contribution in [3.8, 4) is 23.5 Å². The second kappa shape index (κ2) is 8.19. The Labute approximate surface area is 209 Å². The summed E-state index contributed by atoms with van der Waals surface area (Å²) < 4.78 is 27.4. The SMILES string of the molecule is C=C(C)c1ccc2c(c1)c(=NC#N)c1cc3c(cc12)c(=NC#N)c1cc(-c2ccc(F)c(F)c2)ccc13. The van der Waals surface area contributed by atoms with Crippen LogP contribution in [0, 0.1) is 34.5 Å². The van der Waals surface area contributed by atoms with Crippen LogP contribution in [0.5, 0.6) is 0 Å². The van der Waals surface area contributed by atoms with Crippen LogP contribution in [0.1, 0.15) is 12.5 Å². The Kier molecular flexibility index (Phi) is 4.93. The summed E-state index contributed by atoms with van der Waals surface area (Å²) in [6.07, 6.45) is 3.84. The number of hydrogen-bond acceptors (Lipinski definition) is 4. The van der Waals surface area contributed by atoms with E-state index in [1.165, 1.54) is 6.07 Å². The van der Waals surface area contributed by atoms with Crippen molar-refractivity contribution in [2.75, 3.05) is 0 Å². The minimum atomic E-state index is -0.929. The van der Waals surface area contributed by atoms with Crippen molar-refractivity contribution in [1.82, 2.24) is 0 Å². The van der Waals surface area contributed by atoms with E-state index in [9.17, 15) is 19.3 Å². The largest absolute Gasteiger partial charge is 0.206 e. The molecule has 0 aromatic heterocycles. The zero-order valence-electron chi connectivity index (χ0n) is 19.6. The second-order valence-electron chi connectivity index (χ2n) is 8.99. The van der Waals surface area contributed by atoms with Crippen molar-refractivity contribution >= 4 is 48.7 Å². The molecular formula is C31H16F2N4. The van der Waals surface area contributed by atoms with E-state index in [0.29, 0.717) is 21.8 Å². The van der Waals surface area contributed by atoms with E-state index < -0.39 is 11.6 Å². The fraction of sp³-hybridized carbons (Fsp3) is 0.0323. The summed E-state index contributed by atoms with van der Waals surface area (Å²) in [5, 5.41) is 26.7. The molecule has 0 saturated carbocycles. The summed E-state index contributed by atoms with van der Waals surface area (Å²) >= 11 is 0. The van der Waals surface area contributed by atoms with Gasteiger partial charge in [0.1, 0.15) is 0 Å². The van der Waals surface area contributed by atoms with Gasteiger partial charge in [0, 0.05) is 21.5 Å². The quantitative estimate of drug-likeness (QED) is 0.251. The molecule has 4 nitrogen and oxygen atoms in total. The molecular weight excluding hydrogens is 466 g/mol. The van der Waals surface area contributed by atoms with Gasteiger partial charge in [0.05, 0.1) is 10.7 Å². The lowest BCUT2D eigenvalue weighted by Crippen LogP contribution is -1.99. The molecule has 0 aliphatic heterocycles. The molecule has 0 unspecified atom stereocenters. The van der Waals surface area contributed by atoms with E-state index in [1.807, 2.05) is 67.8 Å². The summed E-state index contributed by atoms with van der Waals surface area (Å²) in [6, 6.07) is 19.2. The van der Waals surface area contributed by atoms with Crippen molar-refractivity contribution in [3.05, 3.63) is 101 Å². The number of allylic oxidation sites excluding steroid dienone is 1. The average Bonchev–Trinajstić information content (AvgIpc) is 3.36. The maximum absolute atomic E-state index is 13.9. The van der Waals surface area contributed by atoms with E-state index in [0.717, 1.165) is 66.4 Å². The Bertz CT molecular complexity index is 2170. The van der Waals surface area contributed by atoms with Gasteiger partial charge in [-0.3, -0.25) is 0 Å². The summed E-state index contributed by atoms with van der Waals surface area (Å²) in [4.78, 5) is 8.30. The maximum atomic E-state index is 13.9. The number of halogens is 2. The number of hydrogen-bond donors (Lipinski definition) is 0. The minimum Gasteiger partial charge on any atom is -0.204 e. The van der Waals surface area contributed by atoms with Gasteiger partial charge in [-0.2, -0.15) is 20.5 Å². The van der Waals surface area contributed by atoms with Gasteiger partial charge in [0.25, 0.3) is 0 Å². The third-order valence-electron chi connectivity index (χ3n) is 6.87. The standard InChI is InChI=1S/C31H16F2N4/c1-16(2)17-3-6-20-22-12-27-23(13-26(22)30(36-14-34)24(20)9-17)21-7-4-18(10-25(21)31(27)37-15-35)19-5-8-28(32)29(33)11-19/h3-13H,1H2,2H3. The van der Waals surface area contributed by atoms with E-state index >= 15 is 0 Å². The van der Waals surface area contributed by atoms with Crippen LogP contribution in [0.4, 0.5) is 8.78 Å². The molecule has 0 spiro atoms. The molecule has 37 heavy (non-hydrogen) atoms. The highest BCUT2D eigenvalue weighted by atomic mass is 19.2. The molecule has 6 aromatic carbocycles. The van der Waals surface area contributed by atoms with Crippen molar-refractivity contribution in [2.24, 2.45) is 9.98 Å². The Morgan fingerprint density at radius 3 is 1.70 bits per heavy atom. The zero-order chi connectivity index (χ0) is 25.8. The first-order chi connectivity index (χ1) is 17.9. The molecule has 0 atom stereocenters. The molecule has 174 valence electrons. The van der Waals surface area contributed by atoms with Gasteiger partial charge in [0.2, 0.25) is 12.4 Å². The van der Waals surface area contributed by atoms with Crippen LogP contribution in [-0.4, -0.2) is 0 Å². The monoisotopic (exact) mass is 482 g/mol. The summed E-state index contributed by atoms with van der Waals surface area (Å²) in [5.41, 5.74) is 3.06. The maximum Gasteiger partial charge on any atom is 0.206 e. The Hall–Kier alpha value is -5.20. The molecule has 0 amide bonds. The first-order valence-corrected chi connectivity index (χ1v) is 11.4. The van der Waals surface area contributed by atoms with Crippen molar-refractivity contribution in [1.29, 1.82) is 10.5 Å². The molecule has 0 bridgehead atoms. The Balaban J connectivity index is 1.74. The van der Waals surface area contributed by atoms with Crippen molar-refractivity contribution < 1.29 is 8.78 Å². The minimum absolute atomic E-state index is 0.505. The van der Waals surface area contributed by atoms with Gasteiger partial charge >= 0.3 is 0 Å². The number of benzene rings is 4. The summed E-state index contributed by atoms with van der Waals surface area (Å²) in [6.45, 7) is 5.95. The van der Waals surface area contributed by atoms with Crippen LogP contribution in [0.15, 0.2) is 83.3 Å². The van der Waals surface area contributed by atoms with Crippen LogP contribution in [0.3, 0.4) is 0 Å². The summed E-state index contributed by atoms with van der Waals surface area (Å²) in [7, 11) is 0. The van der Waals surface area contributed by atoms with Crippen LogP contribution in [0.2, 0.25) is 0 Å². The molecule has 6 rings (SSSR count). The molecule has 0 N–H and O–H groups in total. The van der Waals surface area contributed by atoms with E-state index in [2.05, 4.69) is 16.6 Å². The predicted molar refractivity (Wildman–Crippen MR) is 141 cm³/mol. The highest BCUT2D eigenvalue weighted by molar-refractivity contribution is 6.21. The second-order valence-corrected chi connectivity index (χ2v) is 8.99. The molecule has 6 heteroatoms. The number of nitriles is 2. The topological polar surface area (TPSA) is 72.3 Å². The van der Waals surface area contributed by atoms with Gasteiger partial charge in [-0.05, 0) is 81.6 Å². The third kappa shape index (κ3) is 3.31. The fourth-order valence-electron chi connectivity index (χ4n) is 5.14. The normalized spacial score (nSPS) is 12.6. The number of rotatable bonds is 2. The molecule has 0 aliphatic rings. The first-order valence-electron chi connectivity index (χ1n) is 11.4. The van der Waals surface area contributed by atoms with Gasteiger partial charge in [-0.15, -0.1) is 0 Å². The molecule has 0 saturated heterocycles. The zero-order valence-corrected chi connectivity index (χ0v) is 19.6. The highest BCUT2D eigenvalue weighted by Gasteiger charge is 2.16. The summed E-state index contributed by atoms with van der Waals surface area (Å²) in [5.74, 6) is -1.84. The molecule has 6 aromatic rings. The lowest BCUT2D eigenvalue weighted by molar-refractivity contribution is 0.509. The van der Waals surface area contributed by atoms with Crippen molar-refractivity contribution in [3.63, 3.8) is 0 Å². The lowest BCUT2D eigenvalue weighted by Gasteiger charge is -2.03. The Morgan fingerprint density at radius 1 is 0.622 bits per heavy atom. The van der Waals surface area contributed by atoms with E-state index in [-0.39, 0.29) is 0 Å². The van der Waals surface area contributed by atoms with Gasteiger partial charge in [-0.1, -0.05) is 42.5 Å². The first kappa shape index (κ1) is 22.3. The van der Waals surface area contributed by atoms with Gasteiger partial charge in [-0.25, -0.2) is 8.78 Å². The third-order valence-corrected chi connectivity index (χ3v) is 6.87. The van der Waals surface area contributed by atoms with Crippen molar-refractivity contribution in [2.45, 2.75) is 6.92 Å². The van der Waals surface area contributed by atoms with E-state index in [1.54, 1.807) is 0 Å². The molecule has 0 aliphatic carbocycles. The average molecular weight is 482 g/mol. The molecule has 0 fully saturated rings. The predicted octanol–water partition coefficient (Wildman–Crippen LogP) is 6.92. The highest BCUT2D eigenvalue weighted by Crippen LogP contribution is 2.34. The van der Waals surface area contributed by atoms with Gasteiger partial charge in [0.15, 0.2) is 11.6 Å². The van der Waals surface area contributed by atoms with Crippen LogP contribution < -0.4 is 10.7 Å². The lowest BCUT2D eigenvalue weighted by atomic mass is 10.0.